The quantitative estimate of drug-likeness (QED) is 0.575. The van der Waals surface area contributed by atoms with Crippen LogP contribution in [0.2, 0.25) is 0 Å². The van der Waals surface area contributed by atoms with E-state index >= 15 is 0 Å². The number of ketones is 1. The van der Waals surface area contributed by atoms with Crippen molar-refractivity contribution >= 4 is 17.5 Å². The summed E-state index contributed by atoms with van der Waals surface area (Å²) in [6.07, 6.45) is 8.53. The van der Waals surface area contributed by atoms with Crippen LogP contribution in [0.3, 0.4) is 0 Å². The molecule has 4 aliphatic carbocycles. The Bertz CT molecular complexity index is 1100. The van der Waals surface area contributed by atoms with Crippen molar-refractivity contribution in [2.75, 3.05) is 7.11 Å². The number of hydrogen-bond acceptors (Lipinski definition) is 4. The summed E-state index contributed by atoms with van der Waals surface area (Å²) in [4.78, 5) is 13.7. The van der Waals surface area contributed by atoms with Gasteiger partial charge in [-0.05, 0) is 98.5 Å². The standard InChI is InChI=1S/C28H32O3S/c1-4-11-27(30)12-10-23-21-7-5-17-14-18(29)9-13-28(17)25(21)22(16-26(23,27)2)20-8-6-19(31-3)15-24(20)32-28/h6,8,14-15,21-23,25,30H,5,7,9-10,12-13,16H2,1-3H3/t21-,22+,23-,25+,26-,27-,28+/m0/s1. The smallest absolute Gasteiger partial charge is 0.155 e. The number of fused-ring (bicyclic) bond motifs is 4. The van der Waals surface area contributed by atoms with Crippen LogP contribution in [0.25, 0.3) is 0 Å². The normalized spacial score (nSPS) is 43.6. The van der Waals surface area contributed by atoms with Gasteiger partial charge in [-0.1, -0.05) is 18.9 Å². The van der Waals surface area contributed by atoms with E-state index in [0.717, 1.165) is 44.3 Å². The van der Waals surface area contributed by atoms with E-state index in [0.29, 0.717) is 35.9 Å². The van der Waals surface area contributed by atoms with Crippen molar-refractivity contribution in [1.29, 1.82) is 0 Å². The van der Waals surface area contributed by atoms with Crippen LogP contribution in [-0.2, 0) is 4.79 Å². The molecule has 5 aliphatic rings. The van der Waals surface area contributed by atoms with Crippen molar-refractivity contribution < 1.29 is 14.6 Å². The highest BCUT2D eigenvalue weighted by molar-refractivity contribution is 8.01. The predicted molar refractivity (Wildman–Crippen MR) is 127 cm³/mol. The molecule has 0 radical (unpaired) electrons. The zero-order valence-corrected chi connectivity index (χ0v) is 20.1. The number of thioether (sulfide) groups is 1. The molecule has 6 rings (SSSR count). The van der Waals surface area contributed by atoms with Gasteiger partial charge >= 0.3 is 0 Å². The van der Waals surface area contributed by atoms with Crippen LogP contribution in [-0.4, -0.2) is 28.3 Å². The fourth-order valence-corrected chi connectivity index (χ4v) is 10.3. The molecule has 1 aromatic carbocycles. The van der Waals surface area contributed by atoms with Gasteiger partial charge in [-0.2, -0.15) is 0 Å². The number of benzene rings is 1. The Morgan fingerprint density at radius 3 is 2.84 bits per heavy atom. The summed E-state index contributed by atoms with van der Waals surface area (Å²) >= 11 is 2.01. The van der Waals surface area contributed by atoms with Crippen molar-refractivity contribution in [2.45, 2.75) is 80.0 Å². The van der Waals surface area contributed by atoms with Crippen LogP contribution in [0.4, 0.5) is 0 Å². The molecule has 0 unspecified atom stereocenters. The molecule has 0 saturated heterocycles. The second-order valence-corrected chi connectivity index (χ2v) is 12.2. The molecule has 4 heteroatoms. The predicted octanol–water partition coefficient (Wildman–Crippen LogP) is 5.51. The molecule has 1 N–H and O–H groups in total. The number of ether oxygens (including phenoxy) is 1. The van der Waals surface area contributed by atoms with Crippen LogP contribution >= 0.6 is 11.8 Å². The molecule has 168 valence electrons. The van der Waals surface area contributed by atoms with Gasteiger partial charge in [0.05, 0.1) is 7.11 Å². The molecular weight excluding hydrogens is 416 g/mol. The van der Waals surface area contributed by atoms with Crippen molar-refractivity contribution in [1.82, 2.24) is 0 Å². The van der Waals surface area contributed by atoms with Crippen LogP contribution < -0.4 is 4.74 Å². The van der Waals surface area contributed by atoms with Crippen molar-refractivity contribution in [3.05, 3.63) is 35.4 Å². The monoisotopic (exact) mass is 448 g/mol. The highest BCUT2D eigenvalue weighted by Gasteiger charge is 2.68. The van der Waals surface area contributed by atoms with Crippen molar-refractivity contribution in [2.24, 2.45) is 23.2 Å². The van der Waals surface area contributed by atoms with E-state index in [2.05, 4.69) is 37.0 Å². The molecular formula is C28H32O3S. The highest BCUT2D eigenvalue weighted by atomic mass is 32.2. The summed E-state index contributed by atoms with van der Waals surface area (Å²) < 4.78 is 5.60. The fourth-order valence-electron chi connectivity index (χ4n) is 8.44. The number of aliphatic hydroxyl groups is 1. The second-order valence-electron chi connectivity index (χ2n) is 10.9. The lowest BCUT2D eigenvalue weighted by molar-refractivity contribution is -0.116. The van der Waals surface area contributed by atoms with Crippen LogP contribution in [0.5, 0.6) is 5.75 Å². The largest absolute Gasteiger partial charge is 0.497 e. The molecule has 32 heavy (non-hydrogen) atoms. The Labute approximate surface area is 195 Å². The average Bonchev–Trinajstić information content (AvgIpc) is 3.04. The van der Waals surface area contributed by atoms with Gasteiger partial charge < -0.3 is 9.84 Å². The topological polar surface area (TPSA) is 46.5 Å². The van der Waals surface area contributed by atoms with E-state index < -0.39 is 5.60 Å². The fraction of sp³-hybridized carbons (Fsp3) is 0.607. The molecule has 3 nitrogen and oxygen atoms in total. The number of methoxy groups -OCH3 is 1. The summed E-state index contributed by atoms with van der Waals surface area (Å²) in [6.45, 7) is 4.17. The Balaban J connectivity index is 1.56. The molecule has 0 aromatic heterocycles. The Hall–Kier alpha value is -1.70. The lowest BCUT2D eigenvalue weighted by atomic mass is 9.46. The number of carbonyl (C=O) groups is 1. The minimum atomic E-state index is -0.902. The number of rotatable bonds is 1. The van der Waals surface area contributed by atoms with Gasteiger partial charge in [0, 0.05) is 21.5 Å². The molecule has 1 aromatic rings. The summed E-state index contributed by atoms with van der Waals surface area (Å²) in [5, 5.41) is 11.8. The molecule has 1 aliphatic heterocycles. The first kappa shape index (κ1) is 20.9. The maximum atomic E-state index is 12.4. The zero-order valence-electron chi connectivity index (χ0n) is 19.2. The third-order valence-electron chi connectivity index (χ3n) is 9.79. The average molecular weight is 449 g/mol. The van der Waals surface area contributed by atoms with E-state index in [1.807, 2.05) is 24.8 Å². The van der Waals surface area contributed by atoms with E-state index in [4.69, 9.17) is 4.74 Å². The summed E-state index contributed by atoms with van der Waals surface area (Å²) in [6, 6.07) is 6.56. The first-order valence-electron chi connectivity index (χ1n) is 12.1. The summed E-state index contributed by atoms with van der Waals surface area (Å²) in [5.41, 5.74) is 1.69. The maximum absolute atomic E-state index is 12.4. The van der Waals surface area contributed by atoms with Gasteiger partial charge in [-0.3, -0.25) is 4.79 Å². The third-order valence-corrected chi connectivity index (χ3v) is 11.5. The Kier molecular flexibility index (Phi) is 4.50. The van der Waals surface area contributed by atoms with E-state index in [-0.39, 0.29) is 10.2 Å². The van der Waals surface area contributed by atoms with Crippen molar-refractivity contribution in [3.63, 3.8) is 0 Å². The highest BCUT2D eigenvalue weighted by Crippen LogP contribution is 2.73. The number of carbonyl (C=O) groups excluding carboxylic acids is 1. The van der Waals surface area contributed by atoms with Crippen molar-refractivity contribution in [3.8, 4) is 17.6 Å². The minimum Gasteiger partial charge on any atom is -0.497 e. The van der Waals surface area contributed by atoms with Crippen LogP contribution in [0.1, 0.15) is 70.3 Å². The number of hydrogen-bond donors (Lipinski definition) is 1. The molecule has 0 amide bonds. The molecule has 3 fully saturated rings. The molecule has 3 saturated carbocycles. The maximum Gasteiger partial charge on any atom is 0.155 e. The van der Waals surface area contributed by atoms with Crippen LogP contribution in [0, 0.1) is 35.0 Å². The second kappa shape index (κ2) is 6.90. The lowest BCUT2D eigenvalue weighted by Crippen LogP contribution is -2.60. The van der Waals surface area contributed by atoms with E-state index in [1.165, 1.54) is 16.0 Å². The zero-order chi connectivity index (χ0) is 22.3. The van der Waals surface area contributed by atoms with Gasteiger partial charge in [0.15, 0.2) is 5.78 Å². The SMILES string of the molecule is CC#C[C@]1(O)CC[C@H]2[C@@H]3CCC4=CC(=O)CC[C@@]45Sc4cc(OC)ccc4[C@@H](C[C@@]21C)[C@@H]35. The summed E-state index contributed by atoms with van der Waals surface area (Å²) in [5.74, 6) is 9.46. The van der Waals surface area contributed by atoms with Gasteiger partial charge in [0.25, 0.3) is 0 Å². The van der Waals surface area contributed by atoms with Gasteiger partial charge in [0.2, 0.25) is 0 Å². The lowest BCUT2D eigenvalue weighted by Gasteiger charge is -2.64. The van der Waals surface area contributed by atoms with Gasteiger partial charge in [-0.25, -0.2) is 0 Å². The molecule has 0 bridgehead atoms. The summed E-state index contributed by atoms with van der Waals surface area (Å²) in [7, 11) is 1.73. The van der Waals surface area contributed by atoms with Gasteiger partial charge in [0.1, 0.15) is 11.4 Å². The minimum absolute atomic E-state index is 0.0132. The third kappa shape index (κ3) is 2.53. The Morgan fingerprint density at radius 2 is 2.06 bits per heavy atom. The van der Waals surface area contributed by atoms with E-state index in [1.54, 1.807) is 7.11 Å². The Morgan fingerprint density at radius 1 is 1.22 bits per heavy atom. The van der Waals surface area contributed by atoms with Crippen LogP contribution in [0.15, 0.2) is 34.7 Å². The first-order chi connectivity index (χ1) is 15.3. The van der Waals surface area contributed by atoms with E-state index in [9.17, 15) is 9.90 Å². The molecule has 1 heterocycles. The first-order valence-corrected chi connectivity index (χ1v) is 12.9. The molecule has 7 atom stereocenters. The van der Waals surface area contributed by atoms with Gasteiger partial charge in [-0.15, -0.1) is 17.7 Å². The molecule has 1 spiro atoms.